The smallest absolute Gasteiger partial charge is 0.147 e. The summed E-state index contributed by atoms with van der Waals surface area (Å²) in [5.74, 6) is 0.673. The summed E-state index contributed by atoms with van der Waals surface area (Å²) in [7, 11) is 3.33. The number of hydrogen-bond donors (Lipinski definition) is 2. The van der Waals surface area contributed by atoms with E-state index in [1.807, 2.05) is 24.6 Å². The van der Waals surface area contributed by atoms with Gasteiger partial charge in [-0.1, -0.05) is 25.4 Å². The fourth-order valence-electron chi connectivity index (χ4n) is 2.16. The molecule has 0 amide bonds. The number of aryl methyl sites for hydroxylation is 1. The van der Waals surface area contributed by atoms with Gasteiger partial charge in [0.2, 0.25) is 0 Å². The van der Waals surface area contributed by atoms with Crippen LogP contribution in [0.1, 0.15) is 20.3 Å². The highest BCUT2D eigenvalue weighted by Gasteiger charge is 2.13. The lowest BCUT2D eigenvalue weighted by molar-refractivity contribution is -0.109. The Bertz CT molecular complexity index is 692. The number of nitrogen functional groups attached to an aromatic ring is 1. The number of nitrogens with zero attached hydrogens (tertiary/aromatic N) is 3. The molecule has 2 unspecified atom stereocenters. The van der Waals surface area contributed by atoms with E-state index >= 15 is 0 Å². The molecule has 0 radical (unpaired) electrons. The van der Waals surface area contributed by atoms with Gasteiger partial charge in [0.15, 0.2) is 0 Å². The monoisotopic (exact) mass is 385 g/mol. The predicted octanol–water partition coefficient (Wildman–Crippen LogP) is 1.89. The summed E-state index contributed by atoms with van der Waals surface area (Å²) in [6.07, 6.45) is 4.86. The fraction of sp³-hybridized carbons (Fsp3) is 0.588. The number of aldehydes is 1. The SMILES string of the molecule is CC(C)C(N)C=O.COCC(CCn1cc(Cl)c2c(N)ncnc21)OC. The molecule has 0 aromatic carbocycles. The Balaban J connectivity index is 0.000000412. The Labute approximate surface area is 158 Å². The van der Waals surface area contributed by atoms with E-state index in [1.54, 1.807) is 14.2 Å². The Morgan fingerprint density at radius 1 is 1.35 bits per heavy atom. The van der Waals surface area contributed by atoms with Crippen molar-refractivity contribution in [1.29, 1.82) is 0 Å². The summed E-state index contributed by atoms with van der Waals surface area (Å²) in [6, 6.07) is -0.278. The first-order valence-corrected chi connectivity index (χ1v) is 8.70. The summed E-state index contributed by atoms with van der Waals surface area (Å²) in [6.45, 7) is 5.11. The van der Waals surface area contributed by atoms with Crippen LogP contribution >= 0.6 is 11.6 Å². The number of rotatable bonds is 8. The minimum Gasteiger partial charge on any atom is -0.383 e. The van der Waals surface area contributed by atoms with Crippen molar-refractivity contribution in [2.45, 2.75) is 39.0 Å². The van der Waals surface area contributed by atoms with Crippen LogP contribution in [0.15, 0.2) is 12.5 Å². The molecule has 2 atom stereocenters. The van der Waals surface area contributed by atoms with E-state index in [0.29, 0.717) is 22.8 Å². The van der Waals surface area contributed by atoms with Crippen LogP contribution in [0.5, 0.6) is 0 Å². The topological polar surface area (TPSA) is 118 Å². The molecule has 9 heteroatoms. The van der Waals surface area contributed by atoms with Gasteiger partial charge < -0.3 is 30.3 Å². The molecule has 2 aromatic heterocycles. The van der Waals surface area contributed by atoms with Gasteiger partial charge in [0.25, 0.3) is 0 Å². The third-order valence-corrected chi connectivity index (χ3v) is 4.23. The first-order chi connectivity index (χ1) is 12.3. The fourth-order valence-corrected chi connectivity index (χ4v) is 2.46. The highest BCUT2D eigenvalue weighted by molar-refractivity contribution is 6.36. The lowest BCUT2D eigenvalue weighted by Gasteiger charge is -2.14. The Kier molecular flexibility index (Phi) is 9.50. The maximum atomic E-state index is 9.82. The molecule has 2 rings (SSSR count). The molecule has 0 spiro atoms. The third kappa shape index (κ3) is 6.21. The predicted molar refractivity (Wildman–Crippen MR) is 103 cm³/mol. The highest BCUT2D eigenvalue weighted by Crippen LogP contribution is 2.28. The molecular weight excluding hydrogens is 358 g/mol. The second-order valence-electron chi connectivity index (χ2n) is 6.19. The number of carbonyl (C=O) groups excluding carboxylic acids is 1. The number of hydrogen-bond acceptors (Lipinski definition) is 7. The normalized spacial score (nSPS) is 13.3. The van der Waals surface area contributed by atoms with Crippen molar-refractivity contribution in [3.8, 4) is 0 Å². The highest BCUT2D eigenvalue weighted by atomic mass is 35.5. The van der Waals surface area contributed by atoms with Gasteiger partial charge in [-0.2, -0.15) is 0 Å². The van der Waals surface area contributed by atoms with E-state index in [4.69, 9.17) is 32.5 Å². The molecule has 2 heterocycles. The average Bonchev–Trinajstić information content (AvgIpc) is 2.95. The van der Waals surface area contributed by atoms with E-state index in [1.165, 1.54) is 6.33 Å². The molecule has 0 aliphatic rings. The lowest BCUT2D eigenvalue weighted by atomic mass is 10.1. The Morgan fingerprint density at radius 2 is 2.04 bits per heavy atom. The van der Waals surface area contributed by atoms with Gasteiger partial charge in [0.05, 0.1) is 29.2 Å². The van der Waals surface area contributed by atoms with Crippen LogP contribution in [0.2, 0.25) is 5.02 Å². The van der Waals surface area contributed by atoms with Crippen molar-refractivity contribution in [2.75, 3.05) is 26.6 Å². The van der Waals surface area contributed by atoms with Gasteiger partial charge in [0, 0.05) is 27.0 Å². The third-order valence-electron chi connectivity index (χ3n) is 3.94. The molecule has 2 aromatic rings. The minimum atomic E-state index is -0.278. The van der Waals surface area contributed by atoms with E-state index in [2.05, 4.69) is 9.97 Å². The van der Waals surface area contributed by atoms with Crippen molar-refractivity contribution in [1.82, 2.24) is 14.5 Å². The quantitative estimate of drug-likeness (QED) is 0.666. The number of ether oxygens (including phenoxy) is 2. The largest absolute Gasteiger partial charge is 0.383 e. The van der Waals surface area contributed by atoms with Gasteiger partial charge in [-0.3, -0.25) is 0 Å². The van der Waals surface area contributed by atoms with Gasteiger partial charge in [0.1, 0.15) is 24.1 Å². The van der Waals surface area contributed by atoms with E-state index in [9.17, 15) is 4.79 Å². The zero-order valence-corrected chi connectivity index (χ0v) is 16.4. The van der Waals surface area contributed by atoms with Gasteiger partial charge in [-0.25, -0.2) is 9.97 Å². The number of aromatic nitrogens is 3. The summed E-state index contributed by atoms with van der Waals surface area (Å²) < 4.78 is 12.4. The standard InChI is InChI=1S/C12H17ClN4O2.C5H11NO/c1-18-6-8(19-2)3-4-17-5-9(13)10-11(14)15-7-16-12(10)17;1-4(2)5(6)3-7/h5,7-8H,3-4,6H2,1-2H3,(H2,14,15,16);3-5H,6H2,1-2H3. The zero-order chi connectivity index (χ0) is 19.7. The minimum absolute atomic E-state index is 0.0420. The van der Waals surface area contributed by atoms with Crippen molar-refractivity contribution in [2.24, 2.45) is 11.7 Å². The molecule has 0 saturated carbocycles. The number of nitrogens with two attached hydrogens (primary N) is 2. The summed E-state index contributed by atoms with van der Waals surface area (Å²) in [5, 5.41) is 1.26. The second-order valence-corrected chi connectivity index (χ2v) is 6.59. The van der Waals surface area contributed by atoms with E-state index in [-0.39, 0.29) is 18.1 Å². The maximum Gasteiger partial charge on any atom is 0.147 e. The number of fused-ring (bicyclic) bond motifs is 1. The van der Waals surface area contributed by atoms with Crippen LogP contribution in [-0.2, 0) is 20.8 Å². The number of anilines is 1. The molecule has 0 saturated heterocycles. The molecule has 0 bridgehead atoms. The number of carbonyl (C=O) groups is 1. The molecule has 0 fully saturated rings. The zero-order valence-electron chi connectivity index (χ0n) is 15.7. The average molecular weight is 386 g/mol. The first-order valence-electron chi connectivity index (χ1n) is 8.33. The van der Waals surface area contributed by atoms with E-state index in [0.717, 1.165) is 24.9 Å². The summed E-state index contributed by atoms with van der Waals surface area (Å²) >= 11 is 6.16. The molecule has 0 aliphatic carbocycles. The van der Waals surface area contributed by atoms with Gasteiger partial charge >= 0.3 is 0 Å². The van der Waals surface area contributed by atoms with Crippen LogP contribution in [-0.4, -0.2) is 53.8 Å². The van der Waals surface area contributed by atoms with Crippen LogP contribution in [0, 0.1) is 5.92 Å². The molecule has 0 aliphatic heterocycles. The van der Waals surface area contributed by atoms with Crippen LogP contribution < -0.4 is 11.5 Å². The van der Waals surface area contributed by atoms with Gasteiger partial charge in [-0.05, 0) is 12.3 Å². The van der Waals surface area contributed by atoms with Gasteiger partial charge in [-0.15, -0.1) is 0 Å². The van der Waals surface area contributed by atoms with Crippen LogP contribution in [0.3, 0.4) is 0 Å². The molecule has 8 nitrogen and oxygen atoms in total. The Morgan fingerprint density at radius 3 is 2.54 bits per heavy atom. The molecular formula is C17H28ClN5O3. The van der Waals surface area contributed by atoms with Crippen LogP contribution in [0.25, 0.3) is 11.0 Å². The summed E-state index contributed by atoms with van der Waals surface area (Å²) in [4.78, 5) is 18.0. The van der Waals surface area contributed by atoms with Crippen LogP contribution in [0.4, 0.5) is 5.82 Å². The second kappa shape index (κ2) is 11.1. The first kappa shape index (κ1) is 22.3. The Hall–Kier alpha value is -1.74. The van der Waals surface area contributed by atoms with Crippen molar-refractivity contribution < 1.29 is 14.3 Å². The van der Waals surface area contributed by atoms with Crippen molar-refractivity contribution >= 4 is 34.7 Å². The lowest BCUT2D eigenvalue weighted by Crippen LogP contribution is -2.27. The van der Waals surface area contributed by atoms with E-state index < -0.39 is 0 Å². The number of halogens is 1. The molecule has 146 valence electrons. The molecule has 4 N–H and O–H groups in total. The van der Waals surface area contributed by atoms with Crippen molar-refractivity contribution in [3.05, 3.63) is 17.5 Å². The van der Waals surface area contributed by atoms with Crippen molar-refractivity contribution in [3.63, 3.8) is 0 Å². The maximum absolute atomic E-state index is 9.82. The number of methoxy groups -OCH3 is 2. The molecule has 26 heavy (non-hydrogen) atoms. The summed E-state index contributed by atoms with van der Waals surface area (Å²) in [5.41, 5.74) is 11.8.